The topological polar surface area (TPSA) is 102 Å². The number of rotatable bonds is 7. The van der Waals surface area contributed by atoms with Crippen molar-refractivity contribution in [1.29, 1.82) is 0 Å². The number of aliphatic hydroxyl groups excluding tert-OH is 1. The first-order valence-corrected chi connectivity index (χ1v) is 7.72. The number of aliphatic hydroxyl groups is 1. The summed E-state index contributed by atoms with van der Waals surface area (Å²) in [5.74, 6) is 4.12. The Morgan fingerprint density at radius 2 is 1.68 bits per heavy atom. The Kier molecular flexibility index (Phi) is 8.04. The summed E-state index contributed by atoms with van der Waals surface area (Å²) in [6, 6.07) is 0. The van der Waals surface area contributed by atoms with Gasteiger partial charge in [-0.15, -0.1) is 0 Å². The second kappa shape index (κ2) is 8.48. The van der Waals surface area contributed by atoms with Crippen LogP contribution in [0, 0.1) is 10.8 Å². The van der Waals surface area contributed by atoms with Gasteiger partial charge in [0, 0.05) is 12.8 Å². The zero-order valence-electron chi connectivity index (χ0n) is 14.7. The Morgan fingerprint density at radius 3 is 2.09 bits per heavy atom. The molecule has 0 aromatic heterocycles. The van der Waals surface area contributed by atoms with Crippen molar-refractivity contribution in [3.63, 3.8) is 0 Å². The molecule has 6 heteroatoms. The maximum Gasteiger partial charge on any atom is 0.306 e. The molecule has 0 spiro atoms. The number of hydrogen-bond donors (Lipinski definition) is 3. The van der Waals surface area contributed by atoms with Gasteiger partial charge >= 0.3 is 5.97 Å². The fourth-order valence-electron chi connectivity index (χ4n) is 1.99. The van der Waals surface area contributed by atoms with E-state index < -0.39 is 18.0 Å². The van der Waals surface area contributed by atoms with E-state index in [2.05, 4.69) is 20.8 Å². The summed E-state index contributed by atoms with van der Waals surface area (Å²) in [5.41, 5.74) is 1.67. The molecule has 2 unspecified atom stereocenters. The molecule has 22 heavy (non-hydrogen) atoms. The van der Waals surface area contributed by atoms with E-state index in [4.69, 9.17) is 10.6 Å². The molecule has 0 aliphatic heterocycles. The highest BCUT2D eigenvalue weighted by molar-refractivity contribution is 5.80. The molecule has 6 nitrogen and oxygen atoms in total. The van der Waals surface area contributed by atoms with E-state index in [1.165, 1.54) is 0 Å². The molecule has 130 valence electrons. The van der Waals surface area contributed by atoms with Gasteiger partial charge in [0.1, 0.15) is 6.10 Å². The van der Waals surface area contributed by atoms with E-state index in [-0.39, 0.29) is 29.8 Å². The molecule has 1 amide bonds. The molecule has 0 rings (SSSR count). The van der Waals surface area contributed by atoms with E-state index in [1.54, 1.807) is 0 Å². The molecule has 0 heterocycles. The number of esters is 1. The minimum Gasteiger partial charge on any atom is -0.462 e. The van der Waals surface area contributed by atoms with Crippen molar-refractivity contribution in [3.8, 4) is 0 Å². The third kappa shape index (κ3) is 9.73. The number of carbonyl (C=O) groups excluding carboxylic acids is 2. The van der Waals surface area contributed by atoms with Crippen molar-refractivity contribution in [1.82, 2.24) is 5.43 Å². The number of hydrogen-bond acceptors (Lipinski definition) is 5. The highest BCUT2D eigenvalue weighted by Crippen LogP contribution is 2.29. The Morgan fingerprint density at radius 1 is 1.14 bits per heavy atom. The molecule has 0 radical (unpaired) electrons. The van der Waals surface area contributed by atoms with Gasteiger partial charge in [-0.05, 0) is 17.3 Å². The highest BCUT2D eigenvalue weighted by Gasteiger charge is 2.30. The van der Waals surface area contributed by atoms with Crippen LogP contribution in [-0.2, 0) is 14.3 Å². The number of carbonyl (C=O) groups is 2. The van der Waals surface area contributed by atoms with Gasteiger partial charge in [0.05, 0.1) is 12.5 Å². The second-order valence-corrected chi connectivity index (χ2v) is 8.06. The van der Waals surface area contributed by atoms with Gasteiger partial charge in [-0.3, -0.25) is 15.0 Å². The van der Waals surface area contributed by atoms with Gasteiger partial charge in [0.25, 0.3) is 0 Å². The number of ether oxygens (including phenoxy) is 1. The Bertz CT molecular complexity index is 369. The van der Waals surface area contributed by atoms with Gasteiger partial charge < -0.3 is 9.84 Å². The van der Waals surface area contributed by atoms with E-state index in [0.29, 0.717) is 12.8 Å². The van der Waals surface area contributed by atoms with Crippen molar-refractivity contribution in [2.24, 2.45) is 16.7 Å². The lowest BCUT2D eigenvalue weighted by atomic mass is 9.82. The lowest BCUT2D eigenvalue weighted by Gasteiger charge is -2.32. The second-order valence-electron chi connectivity index (χ2n) is 8.06. The predicted octanol–water partition coefficient (Wildman–Crippen LogP) is 1.90. The molecule has 0 bridgehead atoms. The molecule has 0 aliphatic carbocycles. The van der Waals surface area contributed by atoms with Crippen LogP contribution < -0.4 is 11.3 Å². The fraction of sp³-hybridized carbons (Fsp3) is 0.875. The average Bonchev–Trinajstić information content (AvgIpc) is 2.32. The fourth-order valence-corrected chi connectivity index (χ4v) is 1.99. The van der Waals surface area contributed by atoms with Crippen LogP contribution in [-0.4, -0.2) is 29.2 Å². The van der Waals surface area contributed by atoms with Crippen molar-refractivity contribution in [2.45, 2.75) is 79.4 Å². The summed E-state index contributed by atoms with van der Waals surface area (Å²) in [6.07, 6.45) is 0.0712. The summed E-state index contributed by atoms with van der Waals surface area (Å²) in [5, 5.41) is 10.3. The third-order valence-electron chi connectivity index (χ3n) is 3.34. The lowest BCUT2D eigenvalue weighted by molar-refractivity contribution is -0.154. The summed E-state index contributed by atoms with van der Waals surface area (Å²) < 4.78 is 5.47. The molecule has 2 atom stereocenters. The molecular weight excluding hydrogens is 284 g/mol. The van der Waals surface area contributed by atoms with Gasteiger partial charge in [-0.2, -0.15) is 0 Å². The Balaban J connectivity index is 4.66. The molecule has 0 saturated carbocycles. The lowest BCUT2D eigenvalue weighted by Crippen LogP contribution is -2.34. The normalized spacial score (nSPS) is 15.1. The van der Waals surface area contributed by atoms with E-state index in [9.17, 15) is 14.7 Å². The minimum absolute atomic E-state index is 0.000600. The summed E-state index contributed by atoms with van der Waals surface area (Å²) in [7, 11) is 0. The van der Waals surface area contributed by atoms with Gasteiger partial charge in [-0.1, -0.05) is 41.5 Å². The summed E-state index contributed by atoms with van der Waals surface area (Å²) >= 11 is 0. The van der Waals surface area contributed by atoms with Gasteiger partial charge in [0.2, 0.25) is 5.91 Å². The van der Waals surface area contributed by atoms with Crippen LogP contribution in [0.15, 0.2) is 0 Å². The van der Waals surface area contributed by atoms with Crippen LogP contribution in [0.4, 0.5) is 0 Å². The van der Waals surface area contributed by atoms with Crippen LogP contribution in [0.3, 0.4) is 0 Å². The molecule has 0 aromatic rings. The van der Waals surface area contributed by atoms with Gasteiger partial charge in [0.15, 0.2) is 0 Å². The molecule has 0 fully saturated rings. The molecule has 0 aliphatic rings. The SMILES string of the molecule is CC(C)(C)CC(CC(O)C(C)(C)C)OC(=O)CCC(=O)NN. The smallest absolute Gasteiger partial charge is 0.306 e. The molecule has 0 saturated heterocycles. The number of nitrogens with two attached hydrogens (primary N) is 1. The minimum atomic E-state index is -0.569. The van der Waals surface area contributed by atoms with Crippen molar-refractivity contribution in [3.05, 3.63) is 0 Å². The van der Waals surface area contributed by atoms with E-state index in [1.807, 2.05) is 26.2 Å². The molecular formula is C16H32N2O4. The first-order valence-electron chi connectivity index (χ1n) is 7.72. The van der Waals surface area contributed by atoms with E-state index in [0.717, 1.165) is 0 Å². The predicted molar refractivity (Wildman–Crippen MR) is 85.6 cm³/mol. The molecule has 4 N–H and O–H groups in total. The quantitative estimate of drug-likeness (QED) is 0.288. The van der Waals surface area contributed by atoms with Crippen molar-refractivity contribution in [2.75, 3.05) is 0 Å². The van der Waals surface area contributed by atoms with Crippen LogP contribution >= 0.6 is 0 Å². The zero-order valence-corrected chi connectivity index (χ0v) is 14.7. The maximum atomic E-state index is 11.9. The third-order valence-corrected chi connectivity index (χ3v) is 3.34. The zero-order chi connectivity index (χ0) is 17.6. The number of amides is 1. The average molecular weight is 316 g/mol. The monoisotopic (exact) mass is 316 g/mol. The van der Waals surface area contributed by atoms with Crippen molar-refractivity contribution < 1.29 is 19.4 Å². The van der Waals surface area contributed by atoms with E-state index >= 15 is 0 Å². The van der Waals surface area contributed by atoms with Crippen LogP contribution in [0.1, 0.15) is 67.2 Å². The summed E-state index contributed by atoms with van der Waals surface area (Å²) in [6.45, 7) is 12.0. The Hall–Kier alpha value is -1.14. The number of hydrazine groups is 1. The van der Waals surface area contributed by atoms with Crippen LogP contribution in [0.5, 0.6) is 0 Å². The highest BCUT2D eigenvalue weighted by atomic mass is 16.5. The number of nitrogens with one attached hydrogen (secondary N) is 1. The Labute approximate surface area is 133 Å². The van der Waals surface area contributed by atoms with Gasteiger partial charge in [-0.25, -0.2) is 5.84 Å². The largest absolute Gasteiger partial charge is 0.462 e. The first kappa shape index (κ1) is 20.9. The summed E-state index contributed by atoms with van der Waals surface area (Å²) in [4.78, 5) is 22.9. The van der Waals surface area contributed by atoms with Crippen LogP contribution in [0.2, 0.25) is 0 Å². The van der Waals surface area contributed by atoms with Crippen molar-refractivity contribution >= 4 is 11.9 Å². The van der Waals surface area contributed by atoms with Crippen LogP contribution in [0.25, 0.3) is 0 Å². The molecule has 0 aromatic carbocycles. The first-order chi connectivity index (χ1) is 9.85. The maximum absolute atomic E-state index is 11.9. The standard InChI is InChI=1S/C16H32N2O4/c1-15(2,3)10-11(9-12(19)16(4,5)6)22-14(21)8-7-13(20)18-17/h11-12,19H,7-10,17H2,1-6H3,(H,18,20).